The quantitative estimate of drug-likeness (QED) is 0.323. The van der Waals surface area contributed by atoms with E-state index in [1.54, 1.807) is 6.42 Å². The van der Waals surface area contributed by atoms with Gasteiger partial charge in [-0.2, -0.15) is 0 Å². The van der Waals surface area contributed by atoms with Crippen LogP contribution in [0.2, 0.25) is 0 Å². The zero-order chi connectivity index (χ0) is 29.2. The molecule has 10 bridgehead atoms. The number of ether oxygens (including phenoxy) is 1. The zero-order valence-corrected chi connectivity index (χ0v) is 28.3. The molecule has 18 unspecified atom stereocenters. The summed E-state index contributed by atoms with van der Waals surface area (Å²) in [6.07, 6.45) is 31.5. The van der Waals surface area contributed by atoms with Gasteiger partial charge in [0.1, 0.15) is 0 Å². The summed E-state index contributed by atoms with van der Waals surface area (Å²) in [6, 6.07) is 5.02. The Hall–Kier alpha value is -0.200. The summed E-state index contributed by atoms with van der Waals surface area (Å²) < 4.78 is 6.92. The molecule has 0 amide bonds. The van der Waals surface area contributed by atoms with Gasteiger partial charge < -0.3 is 10.1 Å². The average Bonchev–Trinajstić information content (AvgIpc) is 3.75. The van der Waals surface area contributed by atoms with Crippen molar-refractivity contribution >= 4 is 0 Å². The van der Waals surface area contributed by atoms with Crippen molar-refractivity contribution in [3.8, 4) is 0 Å². The number of hydrogen-bond acceptors (Lipinski definition) is 5. The van der Waals surface area contributed by atoms with Crippen LogP contribution < -0.4 is 10.6 Å². The molecular formula is C40H64N4O. The van der Waals surface area contributed by atoms with Gasteiger partial charge in [0.15, 0.2) is 0 Å². The van der Waals surface area contributed by atoms with Gasteiger partial charge in [-0.05, 0) is 137 Å². The Balaban J connectivity index is 0.999. The minimum absolute atomic E-state index is 0.506. The van der Waals surface area contributed by atoms with Crippen LogP contribution >= 0.6 is 0 Å². The van der Waals surface area contributed by atoms with Gasteiger partial charge in [0, 0.05) is 49.3 Å². The van der Waals surface area contributed by atoms with Crippen LogP contribution in [0.15, 0.2) is 0 Å². The van der Waals surface area contributed by atoms with Gasteiger partial charge in [0.05, 0.1) is 18.4 Å². The van der Waals surface area contributed by atoms with E-state index < -0.39 is 0 Å². The van der Waals surface area contributed by atoms with Gasteiger partial charge in [0.25, 0.3) is 0 Å². The third-order valence-electron chi connectivity index (χ3n) is 17.6. The van der Waals surface area contributed by atoms with E-state index in [1.807, 2.05) is 0 Å². The minimum atomic E-state index is 0.506. The predicted molar refractivity (Wildman–Crippen MR) is 179 cm³/mol. The molecule has 11 fully saturated rings. The molecule has 5 nitrogen and oxygen atoms in total. The van der Waals surface area contributed by atoms with Gasteiger partial charge in [-0.15, -0.1) is 0 Å². The van der Waals surface area contributed by atoms with Crippen LogP contribution in [0.25, 0.3) is 0 Å². The van der Waals surface area contributed by atoms with Crippen LogP contribution in [0.1, 0.15) is 128 Å². The zero-order valence-electron chi connectivity index (χ0n) is 28.3. The van der Waals surface area contributed by atoms with Crippen molar-refractivity contribution in [3.05, 3.63) is 0 Å². The lowest BCUT2D eigenvalue weighted by atomic mass is 9.64. The summed E-state index contributed by atoms with van der Waals surface area (Å²) in [5.41, 5.74) is 0. The lowest BCUT2D eigenvalue weighted by Gasteiger charge is -2.50. The molecule has 0 aromatic heterocycles. The van der Waals surface area contributed by atoms with E-state index in [9.17, 15) is 0 Å². The topological polar surface area (TPSA) is 39.8 Å². The normalized spacial score (nSPS) is 58.9. The monoisotopic (exact) mass is 617 g/mol. The predicted octanol–water partition coefficient (Wildman–Crippen LogP) is 6.56. The summed E-state index contributed by atoms with van der Waals surface area (Å²) in [6.45, 7) is 2.44. The Morgan fingerprint density at radius 1 is 0.444 bits per heavy atom. The average molecular weight is 617 g/mol. The number of hydrogen-bond donors (Lipinski definition) is 2. The molecule has 5 heteroatoms. The number of piperidine rings is 2. The van der Waals surface area contributed by atoms with E-state index in [1.165, 1.54) is 129 Å². The van der Waals surface area contributed by atoms with Crippen LogP contribution in [0.5, 0.6) is 0 Å². The SMILES string of the molecule is C1CCC2C(C1)C1C3C4CCCCC4N4C5CCCC(C5)C5CC6C(CN5)OC5CCC(CC56)C5CCCC(C5)N2C1CNC34. The van der Waals surface area contributed by atoms with E-state index >= 15 is 0 Å². The fraction of sp³-hybridized carbons (Fsp3) is 1.00. The molecule has 0 radical (unpaired) electrons. The summed E-state index contributed by atoms with van der Waals surface area (Å²) in [5.74, 6) is 8.38. The maximum absolute atomic E-state index is 6.92. The second kappa shape index (κ2) is 11.2. The van der Waals surface area contributed by atoms with E-state index in [4.69, 9.17) is 4.74 Å². The van der Waals surface area contributed by atoms with Crippen molar-refractivity contribution in [2.45, 2.75) is 183 Å². The number of rotatable bonds is 0. The van der Waals surface area contributed by atoms with Crippen molar-refractivity contribution in [1.29, 1.82) is 0 Å². The second-order valence-corrected chi connectivity index (χ2v) is 19.0. The van der Waals surface area contributed by atoms with Crippen LogP contribution in [-0.4, -0.2) is 77.5 Å². The Morgan fingerprint density at radius 3 is 2.00 bits per heavy atom. The van der Waals surface area contributed by atoms with E-state index in [-0.39, 0.29) is 0 Å². The van der Waals surface area contributed by atoms with Crippen molar-refractivity contribution in [3.63, 3.8) is 0 Å². The van der Waals surface area contributed by atoms with Gasteiger partial charge in [0.2, 0.25) is 0 Å². The molecule has 2 N–H and O–H groups in total. The molecular weight excluding hydrogens is 552 g/mol. The van der Waals surface area contributed by atoms with Crippen LogP contribution in [-0.2, 0) is 4.74 Å². The lowest BCUT2D eigenvalue weighted by Crippen LogP contribution is -2.62. The highest BCUT2D eigenvalue weighted by atomic mass is 16.5. The van der Waals surface area contributed by atoms with Gasteiger partial charge in [-0.1, -0.05) is 44.9 Å². The maximum Gasteiger partial charge on any atom is 0.0735 e. The highest BCUT2D eigenvalue weighted by Crippen LogP contribution is 2.59. The molecule has 6 aliphatic heterocycles. The van der Waals surface area contributed by atoms with Crippen molar-refractivity contribution in [2.75, 3.05) is 13.1 Å². The van der Waals surface area contributed by atoms with Crippen molar-refractivity contribution in [1.82, 2.24) is 20.4 Å². The molecule has 0 aromatic rings. The molecule has 18 atom stereocenters. The first-order chi connectivity index (χ1) is 22.3. The molecule has 250 valence electrons. The van der Waals surface area contributed by atoms with Crippen molar-refractivity contribution in [2.24, 2.45) is 53.3 Å². The molecule has 0 aromatic carbocycles. The highest BCUT2D eigenvalue weighted by Gasteiger charge is 2.64. The first-order valence-corrected chi connectivity index (χ1v) is 21.0. The fourth-order valence-corrected chi connectivity index (χ4v) is 16.2. The molecule has 5 aliphatic carbocycles. The van der Waals surface area contributed by atoms with Crippen LogP contribution in [0.3, 0.4) is 0 Å². The lowest BCUT2D eigenvalue weighted by molar-refractivity contribution is -0.0109. The standard InChI is InChI=1S/C40H64N4O/c1-3-13-33-28(11-1)38-35-21-42-40-39(38)29-12-2-4-14-34(29)44(40)27-10-6-8-25(18-27)32-20-31-30-19-24(15-16-36(30)45-37(31)22-41-32)23-7-5-9-26(17-23)43(33)35/h23-42H,1-22H2. The Kier molecular flexibility index (Phi) is 7.10. The largest absolute Gasteiger partial charge is 0.373 e. The Labute approximate surface area is 274 Å². The molecule has 11 rings (SSSR count). The molecule has 0 spiro atoms. The number of fused-ring (bicyclic) bond motifs is 18. The van der Waals surface area contributed by atoms with E-state index in [0.29, 0.717) is 18.4 Å². The first kappa shape index (κ1) is 28.6. The van der Waals surface area contributed by atoms with E-state index in [2.05, 4.69) is 20.4 Å². The van der Waals surface area contributed by atoms with E-state index in [0.717, 1.165) is 96.1 Å². The smallest absolute Gasteiger partial charge is 0.0735 e. The fourth-order valence-electron chi connectivity index (χ4n) is 16.2. The Bertz CT molecular complexity index is 1030. The van der Waals surface area contributed by atoms with Crippen molar-refractivity contribution < 1.29 is 4.74 Å². The third-order valence-corrected chi connectivity index (χ3v) is 17.6. The second-order valence-electron chi connectivity index (χ2n) is 19.0. The summed E-state index contributed by atoms with van der Waals surface area (Å²) in [5, 5.41) is 8.64. The van der Waals surface area contributed by atoms with Crippen LogP contribution in [0.4, 0.5) is 0 Å². The summed E-state index contributed by atoms with van der Waals surface area (Å²) in [7, 11) is 0. The minimum Gasteiger partial charge on any atom is -0.373 e. The summed E-state index contributed by atoms with van der Waals surface area (Å²) in [4.78, 5) is 6.57. The van der Waals surface area contributed by atoms with Gasteiger partial charge in [-0.3, -0.25) is 15.1 Å². The van der Waals surface area contributed by atoms with Gasteiger partial charge in [-0.25, -0.2) is 0 Å². The summed E-state index contributed by atoms with van der Waals surface area (Å²) >= 11 is 0. The Morgan fingerprint density at radius 2 is 1.13 bits per heavy atom. The van der Waals surface area contributed by atoms with Crippen LogP contribution in [0, 0.1) is 53.3 Å². The molecule has 45 heavy (non-hydrogen) atoms. The third kappa shape index (κ3) is 4.34. The number of nitrogens with zero attached hydrogens (tertiary/aromatic N) is 2. The molecule has 5 saturated carbocycles. The molecule has 6 saturated heterocycles. The molecule has 11 aliphatic rings. The highest BCUT2D eigenvalue weighted by molar-refractivity contribution is 5.16. The maximum atomic E-state index is 6.92. The first-order valence-electron chi connectivity index (χ1n) is 21.0. The van der Waals surface area contributed by atoms with Gasteiger partial charge >= 0.3 is 0 Å². The number of nitrogens with one attached hydrogen (secondary N) is 2. The molecule has 6 heterocycles.